The van der Waals surface area contributed by atoms with E-state index < -0.39 is 6.09 Å². The van der Waals surface area contributed by atoms with Gasteiger partial charge in [-0.2, -0.15) is 5.26 Å². The van der Waals surface area contributed by atoms with Gasteiger partial charge in [0, 0.05) is 41.1 Å². The predicted octanol–water partition coefficient (Wildman–Crippen LogP) is 6.28. The minimum Gasteiger partial charge on any atom is -0.446 e. The van der Waals surface area contributed by atoms with Crippen molar-refractivity contribution in [1.82, 2.24) is 14.9 Å². The molecule has 1 atom stereocenters. The number of ether oxygens (including phenoxy) is 1. The number of allylic oxidation sites excluding steroid dienone is 6. The first-order valence-corrected chi connectivity index (χ1v) is 12.5. The molecule has 7 heteroatoms. The molecule has 7 nitrogen and oxygen atoms in total. The van der Waals surface area contributed by atoms with Crippen LogP contribution in [0.3, 0.4) is 0 Å². The van der Waals surface area contributed by atoms with Gasteiger partial charge in [-0.05, 0) is 87.8 Å². The van der Waals surface area contributed by atoms with Crippen LogP contribution in [0, 0.1) is 17.2 Å². The fraction of sp³-hybridized carbons (Fsp3) is 0.345. The first-order valence-electron chi connectivity index (χ1n) is 12.5. The zero-order chi connectivity index (χ0) is 25.5. The molecule has 2 fully saturated rings. The van der Waals surface area contributed by atoms with Gasteiger partial charge in [0.25, 0.3) is 0 Å². The quantitative estimate of drug-likeness (QED) is 0.306. The number of amides is 1. The normalized spacial score (nSPS) is 17.2. The van der Waals surface area contributed by atoms with Crippen LogP contribution in [-0.4, -0.2) is 27.8 Å². The largest absolute Gasteiger partial charge is 0.446 e. The maximum atomic E-state index is 12.1. The van der Waals surface area contributed by atoms with E-state index in [9.17, 15) is 10.1 Å². The van der Waals surface area contributed by atoms with Crippen molar-refractivity contribution >= 4 is 17.4 Å². The smallest absolute Gasteiger partial charge is 0.411 e. The molecule has 4 rings (SSSR count). The fourth-order valence-corrected chi connectivity index (χ4v) is 4.03. The summed E-state index contributed by atoms with van der Waals surface area (Å²) in [7, 11) is 0. The number of carbonyl (C=O) groups is 1. The highest BCUT2D eigenvalue weighted by Crippen LogP contribution is 2.34. The highest BCUT2D eigenvalue weighted by molar-refractivity contribution is 5.87. The van der Waals surface area contributed by atoms with Crippen LogP contribution in [0.4, 0.5) is 10.5 Å². The first-order chi connectivity index (χ1) is 17.5. The number of aromatic nitrogens is 2. The van der Waals surface area contributed by atoms with Gasteiger partial charge in [0.05, 0.1) is 18.0 Å². The molecule has 2 saturated carbocycles. The number of anilines is 1. The Morgan fingerprint density at radius 1 is 1.31 bits per heavy atom. The molecule has 1 heterocycles. The van der Waals surface area contributed by atoms with E-state index in [1.807, 2.05) is 55.0 Å². The maximum absolute atomic E-state index is 12.1. The molecule has 1 amide bonds. The number of benzene rings is 1. The molecule has 36 heavy (non-hydrogen) atoms. The summed E-state index contributed by atoms with van der Waals surface area (Å²) in [6, 6.07) is 8.80. The highest BCUT2D eigenvalue weighted by Gasteiger charge is 2.30. The number of nitrogens with zero attached hydrogens (tertiary/aromatic N) is 3. The van der Waals surface area contributed by atoms with Crippen molar-refractivity contribution < 1.29 is 9.53 Å². The molecule has 0 aliphatic heterocycles. The van der Waals surface area contributed by atoms with Gasteiger partial charge in [-0.15, -0.1) is 0 Å². The van der Waals surface area contributed by atoms with Gasteiger partial charge >= 0.3 is 6.09 Å². The second kappa shape index (κ2) is 11.6. The Kier molecular flexibility index (Phi) is 8.06. The first kappa shape index (κ1) is 25.1. The Balaban J connectivity index is 1.49. The van der Waals surface area contributed by atoms with Crippen LogP contribution >= 0.6 is 0 Å². The summed E-state index contributed by atoms with van der Waals surface area (Å²) >= 11 is 0. The SMILES string of the molecule is C=C(\C=C/C(/C=C(\C#N)c1ccc(-n2ccnc2)cc1NC1CCC1)=C\C)NC(=O)O[C@H](C)C1CC1. The topological polar surface area (TPSA) is 92.0 Å². The number of nitrogens with one attached hydrogen (secondary N) is 2. The van der Waals surface area contributed by atoms with E-state index >= 15 is 0 Å². The van der Waals surface area contributed by atoms with Crippen molar-refractivity contribution in [3.63, 3.8) is 0 Å². The van der Waals surface area contributed by atoms with Gasteiger partial charge < -0.3 is 14.6 Å². The molecule has 2 aliphatic rings. The zero-order valence-corrected chi connectivity index (χ0v) is 20.9. The third kappa shape index (κ3) is 6.54. The van der Waals surface area contributed by atoms with Crippen molar-refractivity contribution in [2.24, 2.45) is 5.92 Å². The zero-order valence-electron chi connectivity index (χ0n) is 20.9. The number of nitriles is 1. The summed E-state index contributed by atoms with van der Waals surface area (Å²) in [5.41, 5.74) is 4.54. The van der Waals surface area contributed by atoms with E-state index in [-0.39, 0.29) is 6.10 Å². The minimum atomic E-state index is -0.496. The van der Waals surface area contributed by atoms with Crippen LogP contribution in [0.1, 0.15) is 51.5 Å². The predicted molar refractivity (Wildman–Crippen MR) is 142 cm³/mol. The molecule has 0 saturated heterocycles. The van der Waals surface area contributed by atoms with E-state index in [2.05, 4.69) is 34.3 Å². The molecule has 1 aromatic heterocycles. The third-order valence-electron chi connectivity index (χ3n) is 6.64. The standard InChI is InChI=1S/C29H33N5O2/c1-4-22(9-8-20(2)32-29(35)36-21(3)23-10-11-23)16-24(18-30)27-13-12-26(34-15-14-31-19-34)17-28(27)33-25-6-5-7-25/h4,8-9,12-17,19,21,23,25,33H,2,5-7,10-11H2,1,3H3,(H,32,35)/b9-8-,22-4+,24-16+/t21-/m1/s1. The molecule has 0 bridgehead atoms. The second-order valence-electron chi connectivity index (χ2n) is 9.36. The average molecular weight is 484 g/mol. The van der Waals surface area contributed by atoms with Crippen LogP contribution in [0.15, 0.2) is 79.1 Å². The second-order valence-corrected chi connectivity index (χ2v) is 9.36. The van der Waals surface area contributed by atoms with Gasteiger partial charge in [0.15, 0.2) is 0 Å². The van der Waals surface area contributed by atoms with Crippen molar-refractivity contribution in [2.75, 3.05) is 5.32 Å². The summed E-state index contributed by atoms with van der Waals surface area (Å²) in [6.45, 7) is 7.71. The molecule has 0 unspecified atom stereocenters. The molecule has 0 spiro atoms. The Morgan fingerprint density at radius 2 is 2.11 bits per heavy atom. The lowest BCUT2D eigenvalue weighted by molar-refractivity contribution is 0.0980. The Morgan fingerprint density at radius 3 is 2.72 bits per heavy atom. The van der Waals surface area contributed by atoms with E-state index in [1.54, 1.807) is 18.6 Å². The molecule has 2 N–H and O–H groups in total. The van der Waals surface area contributed by atoms with Gasteiger partial charge in [-0.25, -0.2) is 9.78 Å². The number of hydrogen-bond donors (Lipinski definition) is 2. The van der Waals surface area contributed by atoms with E-state index in [1.165, 1.54) is 6.42 Å². The average Bonchev–Trinajstić information content (AvgIpc) is 3.56. The Labute approximate surface area is 212 Å². The number of hydrogen-bond acceptors (Lipinski definition) is 5. The summed E-state index contributed by atoms with van der Waals surface area (Å²) in [6.07, 6.45) is 17.8. The minimum absolute atomic E-state index is 0.0862. The third-order valence-corrected chi connectivity index (χ3v) is 6.64. The molecule has 2 aliphatic carbocycles. The number of imidazole rings is 1. The van der Waals surface area contributed by atoms with Gasteiger partial charge in [-0.3, -0.25) is 5.32 Å². The van der Waals surface area contributed by atoms with Crippen molar-refractivity contribution in [3.05, 3.63) is 84.6 Å². The Bertz CT molecular complexity index is 1220. The summed E-state index contributed by atoms with van der Waals surface area (Å²) in [4.78, 5) is 16.2. The fourth-order valence-electron chi connectivity index (χ4n) is 4.03. The highest BCUT2D eigenvalue weighted by atomic mass is 16.6. The van der Waals surface area contributed by atoms with Gasteiger partial charge in [0.2, 0.25) is 0 Å². The molecular formula is C29H33N5O2. The van der Waals surface area contributed by atoms with E-state index in [4.69, 9.17) is 4.74 Å². The summed E-state index contributed by atoms with van der Waals surface area (Å²) in [5.74, 6) is 0.474. The lowest BCUT2D eigenvalue weighted by Crippen LogP contribution is -2.27. The van der Waals surface area contributed by atoms with E-state index in [0.717, 1.165) is 48.2 Å². The molecule has 1 aromatic carbocycles. The van der Waals surface area contributed by atoms with Crippen molar-refractivity contribution in [3.8, 4) is 11.8 Å². The van der Waals surface area contributed by atoms with Crippen molar-refractivity contribution in [1.29, 1.82) is 5.26 Å². The lowest BCUT2D eigenvalue weighted by Gasteiger charge is -2.29. The van der Waals surface area contributed by atoms with Crippen LogP contribution < -0.4 is 10.6 Å². The van der Waals surface area contributed by atoms with Gasteiger partial charge in [-0.1, -0.05) is 18.7 Å². The van der Waals surface area contributed by atoms with Crippen LogP contribution in [0.25, 0.3) is 11.3 Å². The molecule has 2 aromatic rings. The number of rotatable bonds is 10. The van der Waals surface area contributed by atoms with Gasteiger partial charge in [0.1, 0.15) is 6.10 Å². The number of alkyl carbamates (subject to hydrolysis) is 1. The van der Waals surface area contributed by atoms with Crippen molar-refractivity contribution in [2.45, 2.75) is 58.1 Å². The molecule has 186 valence electrons. The monoisotopic (exact) mass is 483 g/mol. The maximum Gasteiger partial charge on any atom is 0.411 e. The molecular weight excluding hydrogens is 450 g/mol. The summed E-state index contributed by atoms with van der Waals surface area (Å²) < 4.78 is 7.33. The van der Waals surface area contributed by atoms with Crippen LogP contribution in [0.2, 0.25) is 0 Å². The molecule has 0 radical (unpaired) electrons. The number of carbonyl (C=O) groups excluding carboxylic acids is 1. The summed E-state index contributed by atoms with van der Waals surface area (Å²) in [5, 5.41) is 16.3. The lowest BCUT2D eigenvalue weighted by atomic mass is 9.92. The van der Waals surface area contributed by atoms with Crippen LogP contribution in [0.5, 0.6) is 0 Å². The Hall–Kier alpha value is -4.05. The van der Waals surface area contributed by atoms with E-state index in [0.29, 0.717) is 23.2 Å². The van der Waals surface area contributed by atoms with Crippen LogP contribution in [-0.2, 0) is 4.74 Å².